The Kier molecular flexibility index (Phi) is 2.50. The predicted octanol–water partition coefficient (Wildman–Crippen LogP) is 2.63. The lowest BCUT2D eigenvalue weighted by Crippen LogP contribution is -2.11. The number of phenolic OH excluding ortho intramolecular Hbond substituents is 1. The number of phenols is 1. The first-order valence-electron chi connectivity index (χ1n) is 4.77. The molecule has 1 heterocycles. The Morgan fingerprint density at radius 2 is 2.08 bits per heavy atom. The van der Waals surface area contributed by atoms with Crippen LogP contribution in [-0.2, 0) is 4.74 Å². The van der Waals surface area contributed by atoms with Crippen molar-refractivity contribution in [3.8, 4) is 5.75 Å². The molecule has 0 amide bonds. The topological polar surface area (TPSA) is 29.5 Å². The minimum absolute atomic E-state index is 0.106. The van der Waals surface area contributed by atoms with Crippen molar-refractivity contribution >= 4 is 0 Å². The average molecular weight is 178 g/mol. The van der Waals surface area contributed by atoms with E-state index in [-0.39, 0.29) is 6.10 Å². The Balaban J connectivity index is 2.18. The van der Waals surface area contributed by atoms with Crippen LogP contribution in [0.25, 0.3) is 0 Å². The molecule has 0 aliphatic carbocycles. The standard InChI is InChI=1S/C11H14O2/c12-10-6-2-1-5-9(10)11-7-3-4-8-13-11/h1-2,5-6,11-12H,3-4,7-8H2/t11-/m1/s1. The number of hydrogen-bond donors (Lipinski definition) is 1. The Bertz CT molecular complexity index is 277. The fourth-order valence-electron chi connectivity index (χ4n) is 1.75. The van der Waals surface area contributed by atoms with Crippen molar-refractivity contribution in [1.29, 1.82) is 0 Å². The van der Waals surface area contributed by atoms with Gasteiger partial charge >= 0.3 is 0 Å². The zero-order valence-corrected chi connectivity index (χ0v) is 7.57. The molecule has 0 unspecified atom stereocenters. The van der Waals surface area contributed by atoms with Gasteiger partial charge in [0.15, 0.2) is 0 Å². The second-order valence-electron chi connectivity index (χ2n) is 3.41. The first-order chi connectivity index (χ1) is 6.38. The molecule has 1 N–H and O–H groups in total. The molecule has 0 saturated carbocycles. The van der Waals surface area contributed by atoms with Crippen molar-refractivity contribution in [2.24, 2.45) is 0 Å². The number of rotatable bonds is 1. The van der Waals surface area contributed by atoms with Crippen LogP contribution < -0.4 is 0 Å². The molecule has 0 radical (unpaired) electrons. The van der Waals surface area contributed by atoms with Gasteiger partial charge in [-0.05, 0) is 25.3 Å². The molecular weight excluding hydrogens is 164 g/mol. The highest BCUT2D eigenvalue weighted by Gasteiger charge is 2.18. The highest BCUT2D eigenvalue weighted by molar-refractivity contribution is 5.33. The smallest absolute Gasteiger partial charge is 0.121 e. The number of benzene rings is 1. The molecule has 0 aromatic heterocycles. The summed E-state index contributed by atoms with van der Waals surface area (Å²) in [5.41, 5.74) is 0.933. The fourth-order valence-corrected chi connectivity index (χ4v) is 1.75. The Labute approximate surface area is 78.2 Å². The van der Waals surface area contributed by atoms with Gasteiger partial charge in [0.25, 0.3) is 0 Å². The number of para-hydroxylation sites is 1. The van der Waals surface area contributed by atoms with Gasteiger partial charge in [-0.2, -0.15) is 0 Å². The van der Waals surface area contributed by atoms with E-state index in [1.807, 2.05) is 18.2 Å². The number of hydrogen-bond acceptors (Lipinski definition) is 2. The van der Waals surface area contributed by atoms with E-state index in [4.69, 9.17) is 4.74 Å². The van der Waals surface area contributed by atoms with Crippen LogP contribution in [0.4, 0.5) is 0 Å². The first-order valence-corrected chi connectivity index (χ1v) is 4.77. The molecule has 1 atom stereocenters. The molecule has 70 valence electrons. The van der Waals surface area contributed by atoms with Gasteiger partial charge in [-0.3, -0.25) is 0 Å². The van der Waals surface area contributed by atoms with Crippen molar-refractivity contribution in [3.05, 3.63) is 29.8 Å². The SMILES string of the molecule is Oc1ccccc1[C@H]1CCCCO1. The summed E-state index contributed by atoms with van der Waals surface area (Å²) >= 11 is 0. The van der Waals surface area contributed by atoms with Gasteiger partial charge in [0.1, 0.15) is 5.75 Å². The highest BCUT2D eigenvalue weighted by Crippen LogP contribution is 2.32. The predicted molar refractivity (Wildman–Crippen MR) is 50.7 cm³/mol. The third kappa shape index (κ3) is 1.83. The van der Waals surface area contributed by atoms with Crippen LogP contribution in [-0.4, -0.2) is 11.7 Å². The second-order valence-corrected chi connectivity index (χ2v) is 3.41. The fraction of sp³-hybridized carbons (Fsp3) is 0.455. The lowest BCUT2D eigenvalue weighted by atomic mass is 10.0. The van der Waals surface area contributed by atoms with E-state index in [2.05, 4.69) is 0 Å². The van der Waals surface area contributed by atoms with Crippen LogP contribution in [0.15, 0.2) is 24.3 Å². The van der Waals surface area contributed by atoms with Gasteiger partial charge < -0.3 is 9.84 Å². The molecule has 13 heavy (non-hydrogen) atoms. The van der Waals surface area contributed by atoms with Crippen LogP contribution in [0.2, 0.25) is 0 Å². The molecule has 1 aliphatic heterocycles. The van der Waals surface area contributed by atoms with Crippen LogP contribution in [0, 0.1) is 0 Å². The van der Waals surface area contributed by atoms with Gasteiger partial charge in [-0.1, -0.05) is 18.2 Å². The van der Waals surface area contributed by atoms with Crippen molar-refractivity contribution < 1.29 is 9.84 Å². The van der Waals surface area contributed by atoms with E-state index < -0.39 is 0 Å². The Morgan fingerprint density at radius 1 is 1.23 bits per heavy atom. The maximum atomic E-state index is 9.58. The van der Waals surface area contributed by atoms with Crippen LogP contribution in [0.3, 0.4) is 0 Å². The van der Waals surface area contributed by atoms with Crippen LogP contribution in [0.5, 0.6) is 5.75 Å². The van der Waals surface area contributed by atoms with Gasteiger partial charge in [0, 0.05) is 12.2 Å². The molecule has 1 aliphatic rings. The zero-order chi connectivity index (χ0) is 9.10. The molecule has 0 bridgehead atoms. The van der Waals surface area contributed by atoms with Gasteiger partial charge in [0.05, 0.1) is 6.10 Å². The van der Waals surface area contributed by atoms with E-state index in [9.17, 15) is 5.11 Å². The molecule has 2 heteroatoms. The van der Waals surface area contributed by atoms with Gasteiger partial charge in [-0.25, -0.2) is 0 Å². The lowest BCUT2D eigenvalue weighted by Gasteiger charge is -2.23. The van der Waals surface area contributed by atoms with E-state index in [1.54, 1.807) is 6.07 Å². The summed E-state index contributed by atoms with van der Waals surface area (Å²) < 4.78 is 5.58. The summed E-state index contributed by atoms with van der Waals surface area (Å²) in [6, 6.07) is 7.42. The highest BCUT2D eigenvalue weighted by atomic mass is 16.5. The molecule has 1 aromatic rings. The molecule has 2 nitrogen and oxygen atoms in total. The quantitative estimate of drug-likeness (QED) is 0.716. The van der Waals surface area contributed by atoms with Crippen molar-refractivity contribution in [1.82, 2.24) is 0 Å². The normalized spacial score (nSPS) is 22.9. The third-order valence-electron chi connectivity index (χ3n) is 2.46. The van der Waals surface area contributed by atoms with Crippen molar-refractivity contribution in [2.75, 3.05) is 6.61 Å². The number of ether oxygens (including phenoxy) is 1. The van der Waals surface area contributed by atoms with E-state index >= 15 is 0 Å². The molecule has 1 fully saturated rings. The summed E-state index contributed by atoms with van der Waals surface area (Å²) in [5, 5.41) is 9.58. The van der Waals surface area contributed by atoms with Crippen molar-refractivity contribution in [3.63, 3.8) is 0 Å². The van der Waals surface area contributed by atoms with E-state index in [0.29, 0.717) is 5.75 Å². The largest absolute Gasteiger partial charge is 0.508 e. The minimum atomic E-state index is 0.106. The van der Waals surface area contributed by atoms with Crippen LogP contribution >= 0.6 is 0 Å². The van der Waals surface area contributed by atoms with Gasteiger partial charge in [-0.15, -0.1) is 0 Å². The molecule has 1 aromatic carbocycles. The third-order valence-corrected chi connectivity index (χ3v) is 2.46. The average Bonchev–Trinajstić information content (AvgIpc) is 2.20. The van der Waals surface area contributed by atoms with E-state index in [0.717, 1.165) is 25.0 Å². The van der Waals surface area contributed by atoms with Crippen LogP contribution in [0.1, 0.15) is 30.9 Å². The monoisotopic (exact) mass is 178 g/mol. The molecule has 0 spiro atoms. The lowest BCUT2D eigenvalue weighted by molar-refractivity contribution is 0.0136. The summed E-state index contributed by atoms with van der Waals surface area (Å²) in [4.78, 5) is 0. The molecule has 1 saturated heterocycles. The summed E-state index contributed by atoms with van der Waals surface area (Å²) in [5.74, 6) is 0.356. The first kappa shape index (κ1) is 8.57. The second kappa shape index (κ2) is 3.79. The summed E-state index contributed by atoms with van der Waals surface area (Å²) in [6.07, 6.45) is 3.47. The molecule has 2 rings (SSSR count). The van der Waals surface area contributed by atoms with E-state index in [1.165, 1.54) is 6.42 Å². The Hall–Kier alpha value is -1.02. The summed E-state index contributed by atoms with van der Waals surface area (Å²) in [7, 11) is 0. The Morgan fingerprint density at radius 3 is 2.77 bits per heavy atom. The van der Waals surface area contributed by atoms with Crippen molar-refractivity contribution in [2.45, 2.75) is 25.4 Å². The zero-order valence-electron chi connectivity index (χ0n) is 7.57. The molecular formula is C11H14O2. The van der Waals surface area contributed by atoms with Gasteiger partial charge in [0.2, 0.25) is 0 Å². The maximum Gasteiger partial charge on any atom is 0.121 e. The minimum Gasteiger partial charge on any atom is -0.508 e. The number of aromatic hydroxyl groups is 1. The maximum absolute atomic E-state index is 9.58. The summed E-state index contributed by atoms with van der Waals surface area (Å²) in [6.45, 7) is 0.818.